The van der Waals surface area contributed by atoms with E-state index in [4.69, 9.17) is 9.72 Å². The van der Waals surface area contributed by atoms with Gasteiger partial charge < -0.3 is 4.74 Å². The normalized spacial score (nSPS) is 11.0. The molecule has 0 saturated carbocycles. The molecule has 0 aliphatic rings. The lowest BCUT2D eigenvalue weighted by Gasteiger charge is -2.04. The van der Waals surface area contributed by atoms with Crippen LogP contribution in [0.15, 0.2) is 89.9 Å². The molecule has 0 aliphatic carbocycles. The van der Waals surface area contributed by atoms with Crippen molar-refractivity contribution in [3.63, 3.8) is 0 Å². The molecule has 0 aliphatic heterocycles. The van der Waals surface area contributed by atoms with Crippen molar-refractivity contribution in [3.05, 3.63) is 90.5 Å². The zero-order chi connectivity index (χ0) is 18.5. The summed E-state index contributed by atoms with van der Waals surface area (Å²) in [6.45, 7) is 0. The van der Waals surface area contributed by atoms with Crippen molar-refractivity contribution < 1.29 is 4.74 Å². The van der Waals surface area contributed by atoms with E-state index in [0.717, 1.165) is 38.1 Å². The first-order chi connectivity index (χ1) is 13.3. The van der Waals surface area contributed by atoms with Crippen LogP contribution >= 0.6 is 11.3 Å². The van der Waals surface area contributed by atoms with Gasteiger partial charge in [-0.05, 0) is 35.4 Å². The summed E-state index contributed by atoms with van der Waals surface area (Å²) in [6, 6.07) is 28.3. The molecule has 4 aromatic rings. The molecule has 1 aromatic heterocycles. The van der Waals surface area contributed by atoms with Crippen molar-refractivity contribution in [1.82, 2.24) is 4.98 Å². The molecule has 0 fully saturated rings. The Balaban J connectivity index is 1.76. The van der Waals surface area contributed by atoms with Gasteiger partial charge in [-0.25, -0.2) is 9.98 Å². The molecule has 0 radical (unpaired) electrons. The number of hydrogen-bond acceptors (Lipinski definition) is 4. The van der Waals surface area contributed by atoms with Crippen molar-refractivity contribution >= 4 is 22.7 Å². The van der Waals surface area contributed by atoms with Gasteiger partial charge in [0.15, 0.2) is 0 Å². The molecule has 0 unspecified atom stereocenters. The zero-order valence-electron chi connectivity index (χ0n) is 14.9. The third kappa shape index (κ3) is 3.96. The zero-order valence-corrected chi connectivity index (χ0v) is 15.7. The van der Waals surface area contributed by atoms with E-state index in [1.165, 1.54) is 0 Å². The van der Waals surface area contributed by atoms with E-state index in [9.17, 15) is 0 Å². The molecule has 1 heterocycles. The first-order valence-corrected chi connectivity index (χ1v) is 9.45. The number of aromatic nitrogens is 1. The second-order valence-corrected chi connectivity index (χ2v) is 6.92. The standard InChI is InChI=1S/C23H18N2OS/c1-26-20-14-12-18(13-15-20)21-22(19-10-6-3-7-11-19)27-23(25-21)24-16-17-8-4-2-5-9-17/h2-16H,1H3. The van der Waals surface area contributed by atoms with Crippen molar-refractivity contribution in [2.75, 3.05) is 7.11 Å². The van der Waals surface area contributed by atoms with Crippen LogP contribution in [0.2, 0.25) is 0 Å². The SMILES string of the molecule is COc1ccc(-c2nc(N=Cc3ccccc3)sc2-c2ccccc2)cc1. The second-order valence-electron chi connectivity index (χ2n) is 5.94. The highest BCUT2D eigenvalue weighted by atomic mass is 32.1. The molecule has 0 N–H and O–H groups in total. The van der Waals surface area contributed by atoms with Gasteiger partial charge in [-0.1, -0.05) is 72.0 Å². The van der Waals surface area contributed by atoms with E-state index in [2.05, 4.69) is 17.1 Å². The van der Waals surface area contributed by atoms with Gasteiger partial charge in [0, 0.05) is 11.8 Å². The summed E-state index contributed by atoms with van der Waals surface area (Å²) in [5.74, 6) is 0.831. The van der Waals surface area contributed by atoms with Gasteiger partial charge in [0.2, 0.25) is 5.13 Å². The van der Waals surface area contributed by atoms with Crippen LogP contribution in [0.5, 0.6) is 5.75 Å². The van der Waals surface area contributed by atoms with Crippen molar-refractivity contribution in [3.8, 4) is 27.4 Å². The van der Waals surface area contributed by atoms with E-state index in [-0.39, 0.29) is 0 Å². The minimum absolute atomic E-state index is 0.739. The molecular weight excluding hydrogens is 352 g/mol. The van der Waals surface area contributed by atoms with Gasteiger partial charge in [-0.3, -0.25) is 0 Å². The van der Waals surface area contributed by atoms with E-state index in [1.807, 2.05) is 79.0 Å². The fraction of sp³-hybridized carbons (Fsp3) is 0.0435. The van der Waals surface area contributed by atoms with Crippen LogP contribution in [0.1, 0.15) is 5.56 Å². The molecule has 0 amide bonds. The topological polar surface area (TPSA) is 34.5 Å². The highest BCUT2D eigenvalue weighted by Crippen LogP contribution is 2.40. The van der Waals surface area contributed by atoms with Gasteiger partial charge >= 0.3 is 0 Å². The monoisotopic (exact) mass is 370 g/mol. The van der Waals surface area contributed by atoms with Gasteiger partial charge in [0.1, 0.15) is 5.75 Å². The average molecular weight is 370 g/mol. The number of methoxy groups -OCH3 is 1. The molecule has 0 saturated heterocycles. The molecule has 0 atom stereocenters. The number of nitrogens with zero attached hydrogens (tertiary/aromatic N) is 2. The van der Waals surface area contributed by atoms with E-state index >= 15 is 0 Å². The third-order valence-corrected chi connectivity index (χ3v) is 5.15. The quantitative estimate of drug-likeness (QED) is 0.390. The number of aliphatic imine (C=N–C) groups is 1. The molecule has 4 heteroatoms. The van der Waals surface area contributed by atoms with Crippen LogP contribution < -0.4 is 4.74 Å². The van der Waals surface area contributed by atoms with Gasteiger partial charge in [-0.15, -0.1) is 0 Å². The molecule has 132 valence electrons. The summed E-state index contributed by atoms with van der Waals surface area (Å²) in [7, 11) is 1.67. The van der Waals surface area contributed by atoms with Crippen LogP contribution in [0.4, 0.5) is 5.13 Å². The minimum Gasteiger partial charge on any atom is -0.497 e. The Bertz CT molecular complexity index is 1040. The smallest absolute Gasteiger partial charge is 0.210 e. The van der Waals surface area contributed by atoms with Crippen LogP contribution in [-0.2, 0) is 0 Å². The lowest BCUT2D eigenvalue weighted by atomic mass is 10.1. The number of hydrogen-bond donors (Lipinski definition) is 0. The molecule has 27 heavy (non-hydrogen) atoms. The van der Waals surface area contributed by atoms with Crippen LogP contribution in [-0.4, -0.2) is 18.3 Å². The molecule has 0 spiro atoms. The fourth-order valence-corrected chi connectivity index (χ4v) is 3.70. The second kappa shape index (κ2) is 7.98. The van der Waals surface area contributed by atoms with Crippen LogP contribution in [0.25, 0.3) is 21.7 Å². The fourth-order valence-electron chi connectivity index (χ4n) is 2.76. The summed E-state index contributed by atoms with van der Waals surface area (Å²) in [6.07, 6.45) is 1.85. The molecule has 4 rings (SSSR count). The molecule has 3 aromatic carbocycles. The number of rotatable bonds is 5. The van der Waals surface area contributed by atoms with E-state index in [0.29, 0.717) is 0 Å². The van der Waals surface area contributed by atoms with E-state index in [1.54, 1.807) is 18.4 Å². The summed E-state index contributed by atoms with van der Waals surface area (Å²) >= 11 is 1.60. The van der Waals surface area contributed by atoms with Crippen LogP contribution in [0.3, 0.4) is 0 Å². The Hall–Kier alpha value is -3.24. The van der Waals surface area contributed by atoms with Crippen molar-refractivity contribution in [1.29, 1.82) is 0 Å². The molecule has 3 nitrogen and oxygen atoms in total. The highest BCUT2D eigenvalue weighted by molar-refractivity contribution is 7.19. The summed E-state index contributed by atoms with van der Waals surface area (Å²) in [4.78, 5) is 10.5. The predicted octanol–water partition coefficient (Wildman–Crippen LogP) is 6.24. The number of thiazole rings is 1. The van der Waals surface area contributed by atoms with Gasteiger partial charge in [0.25, 0.3) is 0 Å². The maximum Gasteiger partial charge on any atom is 0.210 e. The Morgan fingerprint density at radius 2 is 1.48 bits per heavy atom. The van der Waals surface area contributed by atoms with E-state index < -0.39 is 0 Å². The Morgan fingerprint density at radius 1 is 0.815 bits per heavy atom. The summed E-state index contributed by atoms with van der Waals surface area (Å²) in [5.41, 5.74) is 4.18. The summed E-state index contributed by atoms with van der Waals surface area (Å²) < 4.78 is 5.27. The lowest BCUT2D eigenvalue weighted by Crippen LogP contribution is -1.84. The third-order valence-electron chi connectivity index (χ3n) is 4.14. The average Bonchev–Trinajstić information content (AvgIpc) is 3.18. The summed E-state index contributed by atoms with van der Waals surface area (Å²) in [5, 5.41) is 0.739. The largest absolute Gasteiger partial charge is 0.497 e. The van der Waals surface area contributed by atoms with Gasteiger partial charge in [0.05, 0.1) is 17.7 Å². The Kier molecular flexibility index (Phi) is 5.08. The first-order valence-electron chi connectivity index (χ1n) is 8.63. The van der Waals surface area contributed by atoms with Crippen LogP contribution in [0, 0.1) is 0 Å². The highest BCUT2D eigenvalue weighted by Gasteiger charge is 2.14. The van der Waals surface area contributed by atoms with Crippen molar-refractivity contribution in [2.45, 2.75) is 0 Å². The van der Waals surface area contributed by atoms with Crippen molar-refractivity contribution in [2.24, 2.45) is 4.99 Å². The maximum absolute atomic E-state index is 5.27. The Labute approximate surface area is 162 Å². The molecule has 0 bridgehead atoms. The first kappa shape index (κ1) is 17.2. The number of ether oxygens (including phenoxy) is 1. The number of benzene rings is 3. The Morgan fingerprint density at radius 3 is 2.15 bits per heavy atom. The predicted molar refractivity (Wildman–Crippen MR) is 113 cm³/mol. The molecular formula is C23H18N2OS. The minimum atomic E-state index is 0.739. The maximum atomic E-state index is 5.27. The van der Waals surface area contributed by atoms with Gasteiger partial charge in [-0.2, -0.15) is 0 Å². The lowest BCUT2D eigenvalue weighted by molar-refractivity contribution is 0.415.